The molecule has 3 heterocycles. The molecule has 0 aliphatic carbocycles. The predicted molar refractivity (Wildman–Crippen MR) is 127 cm³/mol. The number of halogens is 1. The van der Waals surface area contributed by atoms with E-state index in [2.05, 4.69) is 40.8 Å². The zero-order chi connectivity index (χ0) is 22.6. The van der Waals surface area contributed by atoms with Crippen molar-refractivity contribution < 1.29 is 27.3 Å². The van der Waals surface area contributed by atoms with Crippen molar-refractivity contribution in [2.75, 3.05) is 33.3 Å². The second kappa shape index (κ2) is 10.2. The highest BCUT2D eigenvalue weighted by atomic mass is 127. The van der Waals surface area contributed by atoms with Gasteiger partial charge in [-0.25, -0.2) is 8.42 Å². The molecular weight excluding hydrogens is 529 g/mol. The first-order chi connectivity index (χ1) is 14.6. The molecule has 2 aromatic rings. The van der Waals surface area contributed by atoms with Crippen LogP contribution in [0, 0.1) is 16.4 Å². The highest BCUT2D eigenvalue weighted by Gasteiger charge is 2.44. The summed E-state index contributed by atoms with van der Waals surface area (Å²) in [7, 11) is -2.55. The Balaban J connectivity index is 0.000000210. The molecule has 1 atom stereocenters. The number of quaternary nitrogens is 1. The third-order valence-corrected chi connectivity index (χ3v) is 8.16. The van der Waals surface area contributed by atoms with E-state index in [1.165, 1.54) is 47.2 Å². The Morgan fingerprint density at radius 2 is 1.81 bits per heavy atom. The normalized spacial score (nSPS) is 24.9. The number of nitrogens with zero attached hydrogens (tertiary/aromatic N) is 1. The topological polar surface area (TPSA) is 86.7 Å². The maximum absolute atomic E-state index is 10.4. The Morgan fingerprint density at radius 1 is 1.16 bits per heavy atom. The number of benzene rings is 2. The quantitative estimate of drug-likeness (QED) is 0.345. The van der Waals surface area contributed by atoms with Crippen LogP contribution >= 0.6 is 22.6 Å². The number of fused-ring (bicyclic) bond motifs is 3. The van der Waals surface area contributed by atoms with Crippen LogP contribution < -0.4 is 4.74 Å². The standard InChI is InChI=1S/C16H23INO2.C7H8O3S/c1-20-16-3-2-12(10-14(16)17)4-7-18-8-5-13(6-9-18)15(19)11-18;1-6-2-4-7(5-3-6)11(8,9)10/h2-3,10,13,15,19H,4-9,11H2,1H3;2-5H,1H3,(H,8,9,10)/q+1;/p-1. The van der Waals surface area contributed by atoms with Crippen molar-refractivity contribution in [3.63, 3.8) is 0 Å². The molecule has 0 radical (unpaired) electrons. The van der Waals surface area contributed by atoms with Gasteiger partial charge in [-0.05, 0) is 59.3 Å². The van der Waals surface area contributed by atoms with Crippen LogP contribution in [0.25, 0.3) is 0 Å². The molecule has 1 N–H and O–H groups in total. The molecule has 2 bridgehead atoms. The molecule has 0 spiro atoms. The summed E-state index contributed by atoms with van der Waals surface area (Å²) >= 11 is 2.33. The highest BCUT2D eigenvalue weighted by molar-refractivity contribution is 14.1. The van der Waals surface area contributed by atoms with E-state index in [0.29, 0.717) is 5.92 Å². The monoisotopic (exact) mass is 559 g/mol. The fourth-order valence-corrected chi connectivity index (χ4v) is 5.77. The number of aryl methyl sites for hydroxylation is 1. The summed E-state index contributed by atoms with van der Waals surface area (Å²) in [6.45, 7) is 6.47. The van der Waals surface area contributed by atoms with Crippen LogP contribution in [-0.4, -0.2) is 62.0 Å². The zero-order valence-corrected chi connectivity index (χ0v) is 20.9. The molecule has 8 heteroatoms. The lowest BCUT2D eigenvalue weighted by atomic mass is 9.83. The number of rotatable bonds is 5. The van der Waals surface area contributed by atoms with E-state index >= 15 is 0 Å². The maximum Gasteiger partial charge on any atom is 0.132 e. The Labute approximate surface area is 198 Å². The summed E-state index contributed by atoms with van der Waals surface area (Å²) in [6, 6.07) is 12.2. The Bertz CT molecular complexity index is 986. The van der Waals surface area contributed by atoms with Crippen molar-refractivity contribution >= 4 is 32.7 Å². The SMILES string of the molecule is COc1ccc(CC[N+]23CCC(CC2)C(O)C3)cc1I.Cc1ccc(S(=O)(=O)[O-])cc1. The lowest BCUT2D eigenvalue weighted by Gasteiger charge is -2.51. The molecule has 5 rings (SSSR count). The van der Waals surface area contributed by atoms with Crippen molar-refractivity contribution in [2.45, 2.75) is 37.2 Å². The van der Waals surface area contributed by atoms with Gasteiger partial charge in [0.1, 0.15) is 28.5 Å². The Kier molecular flexibility index (Phi) is 8.01. The summed E-state index contributed by atoms with van der Waals surface area (Å²) in [5.41, 5.74) is 2.31. The molecule has 3 aliphatic heterocycles. The summed E-state index contributed by atoms with van der Waals surface area (Å²) < 4.78 is 38.8. The molecule has 3 fully saturated rings. The van der Waals surface area contributed by atoms with Crippen LogP contribution in [0.1, 0.15) is 24.0 Å². The van der Waals surface area contributed by atoms with Gasteiger partial charge in [-0.1, -0.05) is 23.8 Å². The van der Waals surface area contributed by atoms with Crippen LogP contribution in [0.15, 0.2) is 47.4 Å². The van der Waals surface area contributed by atoms with Crippen LogP contribution in [0.4, 0.5) is 0 Å². The average Bonchev–Trinajstić information content (AvgIpc) is 2.73. The minimum Gasteiger partial charge on any atom is -0.744 e. The van der Waals surface area contributed by atoms with Gasteiger partial charge < -0.3 is 18.9 Å². The van der Waals surface area contributed by atoms with Crippen molar-refractivity contribution in [3.8, 4) is 5.75 Å². The van der Waals surface area contributed by atoms with Gasteiger partial charge in [-0.3, -0.25) is 0 Å². The van der Waals surface area contributed by atoms with Gasteiger partial charge in [0, 0.05) is 25.2 Å². The number of hydrogen-bond donors (Lipinski definition) is 1. The van der Waals surface area contributed by atoms with E-state index in [0.717, 1.165) is 35.3 Å². The third-order valence-electron chi connectivity index (χ3n) is 6.47. The minimum atomic E-state index is -4.27. The molecule has 170 valence electrons. The first-order valence-electron chi connectivity index (χ1n) is 10.5. The van der Waals surface area contributed by atoms with E-state index in [1.807, 2.05) is 6.92 Å². The number of methoxy groups -OCH3 is 1. The largest absolute Gasteiger partial charge is 0.744 e. The van der Waals surface area contributed by atoms with E-state index in [-0.39, 0.29) is 11.0 Å². The van der Waals surface area contributed by atoms with Crippen LogP contribution in [0.3, 0.4) is 0 Å². The summed E-state index contributed by atoms with van der Waals surface area (Å²) in [6.07, 6.45) is 3.45. The molecule has 3 aliphatic rings. The zero-order valence-electron chi connectivity index (χ0n) is 18.0. The van der Waals surface area contributed by atoms with Crippen molar-refractivity contribution in [1.82, 2.24) is 0 Å². The number of hydrogen-bond acceptors (Lipinski definition) is 5. The van der Waals surface area contributed by atoms with E-state index in [1.54, 1.807) is 19.2 Å². The minimum absolute atomic E-state index is 0.0616. The first-order valence-corrected chi connectivity index (χ1v) is 13.0. The second-order valence-electron chi connectivity index (χ2n) is 8.59. The summed E-state index contributed by atoms with van der Waals surface area (Å²) in [5, 5.41) is 10.1. The van der Waals surface area contributed by atoms with Gasteiger partial charge in [0.15, 0.2) is 0 Å². The van der Waals surface area contributed by atoms with Gasteiger partial charge in [0.05, 0.1) is 35.2 Å². The van der Waals surface area contributed by atoms with E-state index in [9.17, 15) is 18.1 Å². The molecule has 31 heavy (non-hydrogen) atoms. The number of piperidine rings is 3. The molecule has 1 unspecified atom stereocenters. The van der Waals surface area contributed by atoms with Gasteiger partial charge in [-0.15, -0.1) is 0 Å². The van der Waals surface area contributed by atoms with Crippen molar-refractivity contribution in [3.05, 3.63) is 57.2 Å². The van der Waals surface area contributed by atoms with Crippen LogP contribution in [-0.2, 0) is 16.5 Å². The first kappa shape index (κ1) is 24.4. The molecular formula is C23H30INO5S. The Hall–Kier alpha value is -1.20. The fraction of sp³-hybridized carbons (Fsp3) is 0.478. The molecule has 0 saturated carbocycles. The van der Waals surface area contributed by atoms with Crippen LogP contribution in [0.5, 0.6) is 5.75 Å². The molecule has 6 nitrogen and oxygen atoms in total. The number of ether oxygens (including phenoxy) is 1. The lowest BCUT2D eigenvalue weighted by Crippen LogP contribution is -2.64. The summed E-state index contributed by atoms with van der Waals surface area (Å²) in [5.74, 6) is 1.53. The predicted octanol–water partition coefficient (Wildman–Crippen LogP) is 3.34. The van der Waals surface area contributed by atoms with Crippen molar-refractivity contribution in [1.29, 1.82) is 0 Å². The maximum atomic E-state index is 10.4. The van der Waals surface area contributed by atoms with Crippen molar-refractivity contribution in [2.24, 2.45) is 5.92 Å². The third kappa shape index (κ3) is 6.41. The lowest BCUT2D eigenvalue weighted by molar-refractivity contribution is -0.946. The average molecular weight is 559 g/mol. The number of aliphatic hydroxyl groups is 1. The molecule has 0 aromatic heterocycles. The molecule has 3 saturated heterocycles. The summed E-state index contributed by atoms with van der Waals surface area (Å²) in [4.78, 5) is -0.178. The van der Waals surface area contributed by atoms with E-state index < -0.39 is 10.1 Å². The van der Waals surface area contributed by atoms with Gasteiger partial charge in [0.25, 0.3) is 0 Å². The van der Waals surface area contributed by atoms with E-state index in [4.69, 9.17) is 4.74 Å². The smallest absolute Gasteiger partial charge is 0.132 e. The fourth-order valence-electron chi connectivity index (χ4n) is 4.50. The number of aliphatic hydroxyl groups excluding tert-OH is 1. The van der Waals surface area contributed by atoms with Gasteiger partial charge in [0.2, 0.25) is 0 Å². The van der Waals surface area contributed by atoms with Gasteiger partial charge >= 0.3 is 0 Å². The second-order valence-corrected chi connectivity index (χ2v) is 11.1. The molecule has 2 aromatic carbocycles. The van der Waals surface area contributed by atoms with Crippen LogP contribution in [0.2, 0.25) is 0 Å². The molecule has 0 amide bonds. The Morgan fingerprint density at radius 3 is 2.32 bits per heavy atom. The highest BCUT2D eigenvalue weighted by Crippen LogP contribution is 2.34. The van der Waals surface area contributed by atoms with Gasteiger partial charge in [-0.2, -0.15) is 0 Å².